The van der Waals surface area contributed by atoms with Crippen molar-refractivity contribution in [2.24, 2.45) is 0 Å². The van der Waals surface area contributed by atoms with Crippen LogP contribution in [0, 0.1) is 5.82 Å². The monoisotopic (exact) mass is 333 g/mol. The van der Waals surface area contributed by atoms with Gasteiger partial charge in [0.05, 0.1) is 10.6 Å². The van der Waals surface area contributed by atoms with E-state index in [1.807, 2.05) is 0 Å². The summed E-state index contributed by atoms with van der Waals surface area (Å²) in [5.41, 5.74) is -0.0653. The molecule has 0 spiro atoms. The lowest BCUT2D eigenvalue weighted by Gasteiger charge is -2.28. The van der Waals surface area contributed by atoms with Crippen molar-refractivity contribution in [1.29, 1.82) is 0 Å². The quantitative estimate of drug-likeness (QED) is 0.816. The van der Waals surface area contributed by atoms with Gasteiger partial charge in [-0.05, 0) is 25.0 Å². The van der Waals surface area contributed by atoms with Crippen molar-refractivity contribution in [3.05, 3.63) is 34.6 Å². The minimum absolute atomic E-state index is 0.0434. The highest BCUT2D eigenvalue weighted by Gasteiger charge is 2.26. The summed E-state index contributed by atoms with van der Waals surface area (Å²) < 4.78 is 13.6. The second-order valence-electron chi connectivity index (χ2n) is 4.48. The highest BCUT2D eigenvalue weighted by Crippen LogP contribution is 2.26. The van der Waals surface area contributed by atoms with Crippen molar-refractivity contribution < 1.29 is 9.18 Å². The normalized spacial score (nSPS) is 23.7. The summed E-state index contributed by atoms with van der Waals surface area (Å²) in [5.74, 6) is -1.02. The van der Waals surface area contributed by atoms with Crippen LogP contribution in [-0.2, 0) is 0 Å². The van der Waals surface area contributed by atoms with Crippen molar-refractivity contribution in [3.63, 3.8) is 0 Å². The summed E-state index contributed by atoms with van der Waals surface area (Å²) in [6.45, 7) is 0. The topological polar surface area (TPSA) is 29.1 Å². The van der Waals surface area contributed by atoms with Gasteiger partial charge in [0.15, 0.2) is 0 Å². The molecule has 0 bridgehead atoms. The summed E-state index contributed by atoms with van der Waals surface area (Å²) in [7, 11) is 0. The molecule has 18 heavy (non-hydrogen) atoms. The maximum absolute atomic E-state index is 13.6. The maximum Gasteiger partial charge on any atom is 0.256 e. The molecule has 98 valence electrons. The van der Waals surface area contributed by atoms with Crippen LogP contribution in [0.5, 0.6) is 0 Å². The van der Waals surface area contributed by atoms with E-state index in [9.17, 15) is 9.18 Å². The van der Waals surface area contributed by atoms with E-state index in [4.69, 9.17) is 11.6 Å². The van der Waals surface area contributed by atoms with Gasteiger partial charge in [-0.25, -0.2) is 4.39 Å². The van der Waals surface area contributed by atoms with Crippen LogP contribution in [0.25, 0.3) is 0 Å². The Balaban J connectivity index is 2.12. The highest BCUT2D eigenvalue weighted by molar-refractivity contribution is 9.09. The number of carbonyl (C=O) groups excluding carboxylic acids is 1. The average molecular weight is 335 g/mol. The minimum Gasteiger partial charge on any atom is -0.348 e. The molecule has 1 aliphatic rings. The summed E-state index contributed by atoms with van der Waals surface area (Å²) in [6.07, 6.45) is 4.17. The molecule has 2 unspecified atom stereocenters. The molecule has 5 heteroatoms. The Morgan fingerprint density at radius 2 is 2.11 bits per heavy atom. The summed E-state index contributed by atoms with van der Waals surface area (Å²) in [4.78, 5) is 12.3. The van der Waals surface area contributed by atoms with Gasteiger partial charge in [0.2, 0.25) is 0 Å². The van der Waals surface area contributed by atoms with Crippen LogP contribution in [0.3, 0.4) is 0 Å². The van der Waals surface area contributed by atoms with Crippen LogP contribution in [-0.4, -0.2) is 16.8 Å². The predicted octanol–water partition coefficient (Wildman–Crippen LogP) is 3.92. The third-order valence-electron chi connectivity index (χ3n) is 3.19. The molecule has 0 radical (unpaired) electrons. The van der Waals surface area contributed by atoms with E-state index in [2.05, 4.69) is 21.2 Å². The van der Waals surface area contributed by atoms with Crippen LogP contribution in [0.2, 0.25) is 5.02 Å². The summed E-state index contributed by atoms with van der Waals surface area (Å²) >= 11 is 9.42. The van der Waals surface area contributed by atoms with Gasteiger partial charge in [-0.2, -0.15) is 0 Å². The first-order valence-corrected chi connectivity index (χ1v) is 7.28. The third-order valence-corrected chi connectivity index (χ3v) is 4.60. The number of carbonyl (C=O) groups is 1. The molecule has 0 saturated heterocycles. The Bertz CT molecular complexity index is 434. The first kappa shape index (κ1) is 13.8. The number of nitrogens with one attached hydrogen (secondary N) is 1. The van der Waals surface area contributed by atoms with Crippen LogP contribution >= 0.6 is 27.5 Å². The number of hydrogen-bond acceptors (Lipinski definition) is 1. The van der Waals surface area contributed by atoms with Gasteiger partial charge in [-0.15, -0.1) is 0 Å². The van der Waals surface area contributed by atoms with Gasteiger partial charge < -0.3 is 5.32 Å². The molecule has 2 atom stereocenters. The standard InChI is InChI=1S/C13H14BrClFNO/c14-8-4-1-2-7-11(8)17-13(18)12-9(15)5-3-6-10(12)16/h3,5-6,8,11H,1-2,4,7H2,(H,17,18). The largest absolute Gasteiger partial charge is 0.348 e. The van der Waals surface area contributed by atoms with Crippen molar-refractivity contribution in [3.8, 4) is 0 Å². The molecular formula is C13H14BrClFNO. The molecule has 0 aliphatic heterocycles. The molecule has 2 rings (SSSR count). The summed E-state index contributed by atoms with van der Waals surface area (Å²) in [5, 5.41) is 3.00. The van der Waals surface area contributed by atoms with E-state index < -0.39 is 11.7 Å². The Morgan fingerprint density at radius 3 is 2.78 bits per heavy atom. The van der Waals surface area contributed by atoms with Gasteiger partial charge in [0, 0.05) is 10.9 Å². The number of halogens is 3. The van der Waals surface area contributed by atoms with Gasteiger partial charge in [0.25, 0.3) is 5.91 Å². The highest BCUT2D eigenvalue weighted by atomic mass is 79.9. The van der Waals surface area contributed by atoms with E-state index in [0.717, 1.165) is 25.7 Å². The van der Waals surface area contributed by atoms with Gasteiger partial charge in [-0.3, -0.25) is 4.79 Å². The zero-order chi connectivity index (χ0) is 13.1. The smallest absolute Gasteiger partial charge is 0.256 e. The van der Waals surface area contributed by atoms with E-state index in [1.54, 1.807) is 0 Å². The second kappa shape index (κ2) is 6.02. The van der Waals surface area contributed by atoms with E-state index in [1.165, 1.54) is 18.2 Å². The second-order valence-corrected chi connectivity index (χ2v) is 6.06. The number of hydrogen-bond donors (Lipinski definition) is 1. The van der Waals surface area contributed by atoms with Gasteiger partial charge >= 0.3 is 0 Å². The molecule has 2 nitrogen and oxygen atoms in total. The van der Waals surface area contributed by atoms with Gasteiger partial charge in [0.1, 0.15) is 5.82 Å². The van der Waals surface area contributed by atoms with E-state index in [-0.39, 0.29) is 21.5 Å². The Labute approximate surface area is 119 Å². The fourth-order valence-electron chi connectivity index (χ4n) is 2.20. The lowest BCUT2D eigenvalue weighted by Crippen LogP contribution is -2.42. The third kappa shape index (κ3) is 3.04. The van der Waals surface area contributed by atoms with Crippen molar-refractivity contribution in [2.45, 2.75) is 36.6 Å². The number of benzene rings is 1. The molecule has 0 heterocycles. The Kier molecular flexibility index (Phi) is 4.62. The molecule has 1 fully saturated rings. The molecule has 1 aromatic rings. The molecule has 1 amide bonds. The van der Waals surface area contributed by atoms with Crippen LogP contribution in [0.4, 0.5) is 4.39 Å². The number of amides is 1. The van der Waals surface area contributed by atoms with Gasteiger partial charge in [-0.1, -0.05) is 46.4 Å². The van der Waals surface area contributed by atoms with Crippen molar-refractivity contribution in [1.82, 2.24) is 5.32 Å². The average Bonchev–Trinajstić information content (AvgIpc) is 2.32. The van der Waals surface area contributed by atoms with Crippen molar-refractivity contribution >= 4 is 33.4 Å². The molecular weight excluding hydrogens is 321 g/mol. The number of rotatable bonds is 2. The van der Waals surface area contributed by atoms with E-state index in [0.29, 0.717) is 0 Å². The van der Waals surface area contributed by atoms with Crippen LogP contribution < -0.4 is 5.32 Å². The van der Waals surface area contributed by atoms with Crippen LogP contribution in [0.1, 0.15) is 36.0 Å². The molecule has 0 aromatic heterocycles. The molecule has 1 aliphatic carbocycles. The molecule has 1 aromatic carbocycles. The molecule has 1 N–H and O–H groups in total. The first-order valence-electron chi connectivity index (χ1n) is 5.98. The first-order chi connectivity index (χ1) is 8.59. The minimum atomic E-state index is -0.582. The lowest BCUT2D eigenvalue weighted by atomic mass is 9.95. The number of alkyl halides is 1. The van der Waals surface area contributed by atoms with E-state index >= 15 is 0 Å². The predicted molar refractivity (Wildman–Crippen MR) is 73.8 cm³/mol. The Morgan fingerprint density at radius 1 is 1.39 bits per heavy atom. The lowest BCUT2D eigenvalue weighted by molar-refractivity contribution is 0.0926. The summed E-state index contributed by atoms with van der Waals surface area (Å²) in [6, 6.07) is 4.30. The van der Waals surface area contributed by atoms with Crippen molar-refractivity contribution in [2.75, 3.05) is 0 Å². The SMILES string of the molecule is O=C(NC1CCCCC1Br)c1c(F)cccc1Cl. The molecule has 1 saturated carbocycles. The zero-order valence-electron chi connectivity index (χ0n) is 9.76. The maximum atomic E-state index is 13.6. The zero-order valence-corrected chi connectivity index (χ0v) is 12.1. The Hall–Kier alpha value is -0.610. The van der Waals surface area contributed by atoms with Crippen LogP contribution in [0.15, 0.2) is 18.2 Å². The fourth-order valence-corrected chi connectivity index (χ4v) is 3.17. The fraction of sp³-hybridized carbons (Fsp3) is 0.462.